The molecule has 3 N–H and O–H groups in total. The van der Waals surface area contributed by atoms with E-state index in [0.717, 1.165) is 76.9 Å². The van der Waals surface area contributed by atoms with Gasteiger partial charge in [-0.25, -0.2) is 0 Å². The number of ether oxygens (including phenoxy) is 1. The predicted octanol–water partition coefficient (Wildman–Crippen LogP) is 9.78. The minimum absolute atomic E-state index is 0.494. The van der Waals surface area contributed by atoms with Crippen molar-refractivity contribution in [1.82, 2.24) is 16.0 Å². The van der Waals surface area contributed by atoms with E-state index >= 15 is 0 Å². The molecular formula is C44H73N3O. The lowest BCUT2D eigenvalue weighted by Crippen LogP contribution is -2.72. The molecule has 48 heavy (non-hydrogen) atoms. The van der Waals surface area contributed by atoms with Crippen LogP contribution in [0.2, 0.25) is 0 Å². The lowest BCUT2D eigenvalue weighted by molar-refractivity contribution is -0.0717. The molecule has 8 saturated carbocycles. The van der Waals surface area contributed by atoms with Crippen LogP contribution < -0.4 is 16.0 Å². The van der Waals surface area contributed by atoms with Crippen molar-refractivity contribution >= 4 is 0 Å². The van der Waals surface area contributed by atoms with E-state index in [-0.39, 0.29) is 0 Å². The molecule has 0 bridgehead atoms. The highest BCUT2D eigenvalue weighted by Crippen LogP contribution is 2.62. The van der Waals surface area contributed by atoms with E-state index in [0.29, 0.717) is 30.7 Å². The van der Waals surface area contributed by atoms with Crippen LogP contribution >= 0.6 is 0 Å². The lowest BCUT2D eigenvalue weighted by Gasteiger charge is -2.53. The Bertz CT molecular complexity index is 1060. The first kappa shape index (κ1) is 32.5. The van der Waals surface area contributed by atoms with Crippen LogP contribution in [0.5, 0.6) is 0 Å². The SMILES string of the molecule is C1CCC(C2NC(C3CCCCC3)NC(C3CCC4OC5CC(C6CCC7C(CC8CCCCC87)C6)C6CCCCC6C5C4C3)N2)CC1. The molecule has 0 spiro atoms. The molecule has 4 nitrogen and oxygen atoms in total. The summed E-state index contributed by atoms with van der Waals surface area (Å²) < 4.78 is 7.32. The van der Waals surface area contributed by atoms with Gasteiger partial charge >= 0.3 is 0 Å². The average molecular weight is 660 g/mol. The largest absolute Gasteiger partial charge is 0.374 e. The van der Waals surface area contributed by atoms with Gasteiger partial charge in [-0.2, -0.15) is 0 Å². The van der Waals surface area contributed by atoms with E-state index in [4.69, 9.17) is 4.74 Å². The molecule has 8 aliphatic carbocycles. The van der Waals surface area contributed by atoms with E-state index < -0.39 is 0 Å². The Labute approximate surface area is 294 Å². The molecule has 2 saturated heterocycles. The molecule has 2 heterocycles. The summed E-state index contributed by atoms with van der Waals surface area (Å²) in [5.74, 6) is 12.6. The topological polar surface area (TPSA) is 45.3 Å². The van der Waals surface area contributed by atoms with Gasteiger partial charge < -0.3 is 4.74 Å². The highest BCUT2D eigenvalue weighted by molar-refractivity contribution is 5.07. The molecule has 15 atom stereocenters. The zero-order valence-electron chi connectivity index (χ0n) is 30.7. The van der Waals surface area contributed by atoms with Gasteiger partial charge in [0.2, 0.25) is 0 Å². The number of fused-ring (bicyclic) bond motifs is 8. The minimum Gasteiger partial charge on any atom is -0.374 e. The van der Waals surface area contributed by atoms with Gasteiger partial charge in [0, 0.05) is 0 Å². The Hall–Kier alpha value is -0.160. The second kappa shape index (κ2) is 14.0. The summed E-state index contributed by atoms with van der Waals surface area (Å²) in [7, 11) is 0. The van der Waals surface area contributed by atoms with Crippen LogP contribution in [0.4, 0.5) is 0 Å². The third kappa shape index (κ3) is 6.01. The quantitative estimate of drug-likeness (QED) is 0.281. The maximum atomic E-state index is 7.32. The van der Waals surface area contributed by atoms with Gasteiger partial charge in [-0.15, -0.1) is 0 Å². The van der Waals surface area contributed by atoms with Crippen LogP contribution in [-0.4, -0.2) is 30.7 Å². The van der Waals surface area contributed by atoms with Crippen LogP contribution in [0.25, 0.3) is 0 Å². The fourth-order valence-electron chi connectivity index (χ4n) is 16.2. The lowest BCUT2D eigenvalue weighted by atomic mass is 9.52. The smallest absolute Gasteiger partial charge is 0.0624 e. The van der Waals surface area contributed by atoms with Crippen molar-refractivity contribution in [1.29, 1.82) is 0 Å². The van der Waals surface area contributed by atoms with Crippen LogP contribution in [-0.2, 0) is 4.74 Å². The summed E-state index contributed by atoms with van der Waals surface area (Å²) in [6.07, 6.45) is 41.3. The standard InChI is InChI=1S/C44H73N3O/c1-3-11-27(12-4-1)42-45-43(28-13-5-2-6-14-28)47-44(46-42)31-20-22-39-38(25-31)41-36-18-10-9-17-35(36)37(26-40(41)48-39)30-19-21-34-32(24-30)23-29-15-7-8-16-33(29)34/h27-47H,1-26H2. The predicted molar refractivity (Wildman–Crippen MR) is 195 cm³/mol. The first-order chi connectivity index (χ1) is 23.8. The molecule has 2 aliphatic heterocycles. The normalized spacial score (nSPS) is 53.2. The van der Waals surface area contributed by atoms with Gasteiger partial charge in [-0.1, -0.05) is 70.6 Å². The van der Waals surface area contributed by atoms with E-state index in [1.165, 1.54) is 122 Å². The molecule has 10 fully saturated rings. The second-order valence-electron chi connectivity index (χ2n) is 20.2. The minimum atomic E-state index is 0.494. The summed E-state index contributed by atoms with van der Waals surface area (Å²) in [4.78, 5) is 0. The van der Waals surface area contributed by atoms with Crippen molar-refractivity contribution in [2.24, 2.45) is 76.9 Å². The van der Waals surface area contributed by atoms with E-state index in [1.807, 2.05) is 0 Å². The summed E-state index contributed by atoms with van der Waals surface area (Å²) in [6, 6.07) is 0. The molecule has 4 heteroatoms. The van der Waals surface area contributed by atoms with Gasteiger partial charge in [0.15, 0.2) is 0 Å². The highest BCUT2D eigenvalue weighted by Gasteiger charge is 2.58. The number of hydrogen-bond acceptors (Lipinski definition) is 4. The Morgan fingerprint density at radius 1 is 0.292 bits per heavy atom. The number of nitrogens with one attached hydrogen (secondary N) is 3. The molecule has 10 aliphatic rings. The monoisotopic (exact) mass is 660 g/mol. The molecule has 15 unspecified atom stereocenters. The summed E-state index contributed by atoms with van der Waals surface area (Å²) >= 11 is 0. The molecule has 0 amide bonds. The second-order valence-corrected chi connectivity index (χ2v) is 20.2. The van der Waals surface area contributed by atoms with Crippen molar-refractivity contribution in [2.75, 3.05) is 0 Å². The van der Waals surface area contributed by atoms with Crippen LogP contribution in [0.1, 0.15) is 167 Å². The van der Waals surface area contributed by atoms with Gasteiger partial charge in [-0.3, -0.25) is 16.0 Å². The molecular weight excluding hydrogens is 587 g/mol. The van der Waals surface area contributed by atoms with Crippen molar-refractivity contribution in [3.63, 3.8) is 0 Å². The molecule has 0 aromatic heterocycles. The summed E-state index contributed by atoms with van der Waals surface area (Å²) in [6.45, 7) is 0. The van der Waals surface area contributed by atoms with E-state index in [9.17, 15) is 0 Å². The maximum absolute atomic E-state index is 7.32. The van der Waals surface area contributed by atoms with Crippen LogP contribution in [0.15, 0.2) is 0 Å². The average Bonchev–Trinajstić information content (AvgIpc) is 3.72. The first-order valence-corrected chi connectivity index (χ1v) is 22.7. The van der Waals surface area contributed by atoms with Crippen molar-refractivity contribution in [3.05, 3.63) is 0 Å². The van der Waals surface area contributed by atoms with Crippen molar-refractivity contribution in [2.45, 2.75) is 198 Å². The highest BCUT2D eigenvalue weighted by atomic mass is 16.5. The zero-order chi connectivity index (χ0) is 31.6. The van der Waals surface area contributed by atoms with Crippen LogP contribution in [0.3, 0.4) is 0 Å². The van der Waals surface area contributed by atoms with Gasteiger partial charge in [0.1, 0.15) is 0 Å². The number of rotatable bonds is 4. The third-order valence-corrected chi connectivity index (χ3v) is 18.2. The summed E-state index contributed by atoms with van der Waals surface area (Å²) in [5, 5.41) is 12.8. The third-order valence-electron chi connectivity index (χ3n) is 18.2. The Morgan fingerprint density at radius 3 is 1.52 bits per heavy atom. The number of hydrogen-bond donors (Lipinski definition) is 3. The van der Waals surface area contributed by atoms with Gasteiger partial charge in [0.05, 0.1) is 30.7 Å². The summed E-state index contributed by atoms with van der Waals surface area (Å²) in [5.41, 5.74) is 0. The molecule has 0 aromatic rings. The Balaban J connectivity index is 0.843. The van der Waals surface area contributed by atoms with E-state index in [1.54, 1.807) is 44.9 Å². The fraction of sp³-hybridized carbons (Fsp3) is 1.00. The van der Waals surface area contributed by atoms with Crippen molar-refractivity contribution in [3.8, 4) is 0 Å². The van der Waals surface area contributed by atoms with Crippen LogP contribution in [0, 0.1) is 76.9 Å². The maximum Gasteiger partial charge on any atom is 0.0624 e. The molecule has 0 radical (unpaired) electrons. The Kier molecular flexibility index (Phi) is 9.48. The molecule has 0 aromatic carbocycles. The molecule has 270 valence electrons. The Morgan fingerprint density at radius 2 is 0.812 bits per heavy atom. The van der Waals surface area contributed by atoms with Gasteiger partial charge in [0.25, 0.3) is 0 Å². The van der Waals surface area contributed by atoms with Crippen molar-refractivity contribution < 1.29 is 4.74 Å². The first-order valence-electron chi connectivity index (χ1n) is 22.7. The van der Waals surface area contributed by atoms with Gasteiger partial charge in [-0.05, 0) is 173 Å². The van der Waals surface area contributed by atoms with E-state index in [2.05, 4.69) is 16.0 Å². The fourth-order valence-corrected chi connectivity index (χ4v) is 16.2. The molecule has 10 rings (SSSR count). The zero-order valence-corrected chi connectivity index (χ0v) is 30.7.